The molecule has 0 saturated heterocycles. The van der Waals surface area contributed by atoms with Gasteiger partial charge in [-0.1, -0.05) is 0 Å². The highest BCUT2D eigenvalue weighted by Gasteiger charge is 2.29. The molecule has 1 aliphatic heterocycles. The van der Waals surface area contributed by atoms with Gasteiger partial charge in [0.15, 0.2) is 5.84 Å². The number of aliphatic hydroxyl groups excluding tert-OH is 1. The minimum absolute atomic E-state index is 0.0572. The molecule has 1 aromatic carbocycles. The lowest BCUT2D eigenvalue weighted by Crippen LogP contribution is -2.32. The van der Waals surface area contributed by atoms with E-state index in [1.54, 1.807) is 5.01 Å². The zero-order chi connectivity index (χ0) is 17.0. The Morgan fingerprint density at radius 2 is 1.83 bits per heavy atom. The quantitative estimate of drug-likeness (QED) is 0.847. The molecular formula is C17H25N5O. The lowest BCUT2D eigenvalue weighted by molar-refractivity contribution is 0.347. The molecule has 1 aliphatic rings. The molecule has 0 bridgehead atoms. The van der Waals surface area contributed by atoms with E-state index in [9.17, 15) is 5.11 Å². The van der Waals surface area contributed by atoms with Crippen molar-refractivity contribution < 1.29 is 5.11 Å². The fourth-order valence-electron chi connectivity index (χ4n) is 2.53. The average molecular weight is 315 g/mol. The van der Waals surface area contributed by atoms with Crippen LogP contribution in [0.25, 0.3) is 0 Å². The molecule has 0 radical (unpaired) electrons. The summed E-state index contributed by atoms with van der Waals surface area (Å²) in [4.78, 5) is 6.78. The van der Waals surface area contributed by atoms with Gasteiger partial charge in [-0.2, -0.15) is 5.10 Å². The van der Waals surface area contributed by atoms with Crippen LogP contribution in [-0.2, 0) is 0 Å². The van der Waals surface area contributed by atoms with Crippen LogP contribution in [-0.4, -0.2) is 53.1 Å². The Kier molecular flexibility index (Phi) is 5.50. The molecule has 2 N–H and O–H groups in total. The molecule has 0 saturated carbocycles. The van der Waals surface area contributed by atoms with Gasteiger partial charge in [0.25, 0.3) is 0 Å². The number of amidine groups is 1. The van der Waals surface area contributed by atoms with Crippen molar-refractivity contribution in [1.29, 1.82) is 5.41 Å². The van der Waals surface area contributed by atoms with E-state index in [0.29, 0.717) is 11.4 Å². The molecule has 23 heavy (non-hydrogen) atoms. The van der Waals surface area contributed by atoms with Crippen molar-refractivity contribution >= 4 is 28.6 Å². The van der Waals surface area contributed by atoms with Gasteiger partial charge in [0.2, 0.25) is 0 Å². The lowest BCUT2D eigenvalue weighted by Gasteiger charge is -2.20. The monoisotopic (exact) mass is 315 g/mol. The van der Waals surface area contributed by atoms with Crippen LogP contribution >= 0.6 is 0 Å². The minimum Gasteiger partial charge on any atom is -0.390 e. The molecule has 6 nitrogen and oxygen atoms in total. The molecule has 2 rings (SSSR count). The van der Waals surface area contributed by atoms with Crippen molar-refractivity contribution in [3.8, 4) is 0 Å². The summed E-state index contributed by atoms with van der Waals surface area (Å²) in [5, 5.41) is 23.5. The summed E-state index contributed by atoms with van der Waals surface area (Å²) in [5.41, 5.74) is 2.79. The van der Waals surface area contributed by atoms with Crippen molar-refractivity contribution in [2.24, 2.45) is 10.1 Å². The maximum atomic E-state index is 9.47. The Bertz CT molecular complexity index is 614. The fourth-order valence-corrected chi connectivity index (χ4v) is 2.53. The van der Waals surface area contributed by atoms with Gasteiger partial charge in [-0.05, 0) is 52.0 Å². The first-order valence-electron chi connectivity index (χ1n) is 8.02. The number of benzene rings is 1. The van der Waals surface area contributed by atoms with Gasteiger partial charge >= 0.3 is 0 Å². The second-order valence-corrected chi connectivity index (χ2v) is 5.64. The number of hydrazone groups is 1. The van der Waals surface area contributed by atoms with E-state index in [1.807, 2.05) is 38.1 Å². The van der Waals surface area contributed by atoms with Gasteiger partial charge in [-0.3, -0.25) is 5.41 Å². The second kappa shape index (κ2) is 7.37. The maximum Gasteiger partial charge on any atom is 0.169 e. The molecular weight excluding hydrogens is 290 g/mol. The van der Waals surface area contributed by atoms with Crippen LogP contribution in [0, 0.1) is 5.41 Å². The number of aliphatic imine (C=N–C) groups is 1. The van der Waals surface area contributed by atoms with Gasteiger partial charge in [0.05, 0.1) is 12.3 Å². The van der Waals surface area contributed by atoms with E-state index in [-0.39, 0.29) is 18.5 Å². The predicted molar refractivity (Wildman–Crippen MR) is 96.3 cm³/mol. The predicted octanol–water partition coefficient (Wildman–Crippen LogP) is 2.65. The van der Waals surface area contributed by atoms with Gasteiger partial charge in [-0.15, -0.1) is 0 Å². The van der Waals surface area contributed by atoms with Crippen molar-refractivity contribution in [2.75, 3.05) is 24.6 Å². The first-order valence-corrected chi connectivity index (χ1v) is 8.02. The van der Waals surface area contributed by atoms with Gasteiger partial charge in [0.1, 0.15) is 11.4 Å². The molecule has 124 valence electrons. The molecule has 0 atom stereocenters. The lowest BCUT2D eigenvalue weighted by atomic mass is 10.2. The summed E-state index contributed by atoms with van der Waals surface area (Å²) in [6.45, 7) is 9.86. The van der Waals surface area contributed by atoms with Crippen molar-refractivity contribution in [3.63, 3.8) is 0 Å². The van der Waals surface area contributed by atoms with E-state index >= 15 is 0 Å². The van der Waals surface area contributed by atoms with E-state index < -0.39 is 0 Å². The highest BCUT2D eigenvalue weighted by molar-refractivity contribution is 6.70. The number of anilines is 1. The normalized spacial score (nSPS) is 16.4. The Balaban J connectivity index is 2.27. The van der Waals surface area contributed by atoms with Crippen LogP contribution < -0.4 is 4.90 Å². The zero-order valence-corrected chi connectivity index (χ0v) is 14.2. The summed E-state index contributed by atoms with van der Waals surface area (Å²) in [6, 6.07) is 7.98. The van der Waals surface area contributed by atoms with E-state index in [4.69, 9.17) is 5.41 Å². The van der Waals surface area contributed by atoms with E-state index in [1.165, 1.54) is 0 Å². The number of rotatable bonds is 6. The number of aliphatic hydroxyl groups is 1. The van der Waals surface area contributed by atoms with E-state index in [2.05, 4.69) is 28.8 Å². The Hall–Kier alpha value is -2.21. The standard InChI is InChI=1S/C17H25N5O/c1-5-21(6-2)14-9-7-13(8-10-14)19-16-15(11-23)20-22(12(3)4)17(16)18/h7-10,12,18,23H,5-6,11H2,1-4H3. The summed E-state index contributed by atoms with van der Waals surface area (Å²) in [6.07, 6.45) is 0. The van der Waals surface area contributed by atoms with Gasteiger partial charge in [-0.25, -0.2) is 10.0 Å². The first-order chi connectivity index (χ1) is 11.0. The number of nitrogens with zero attached hydrogens (tertiary/aromatic N) is 4. The fraction of sp³-hybridized carbons (Fsp3) is 0.471. The summed E-state index contributed by atoms with van der Waals surface area (Å²) < 4.78 is 0. The Morgan fingerprint density at radius 3 is 2.30 bits per heavy atom. The number of hydrogen-bond donors (Lipinski definition) is 2. The Morgan fingerprint density at radius 1 is 1.22 bits per heavy atom. The molecule has 0 unspecified atom stereocenters. The Labute approximate surface area is 137 Å². The van der Waals surface area contributed by atoms with Crippen LogP contribution in [0.3, 0.4) is 0 Å². The third-order valence-corrected chi connectivity index (χ3v) is 3.81. The number of nitrogens with one attached hydrogen (secondary N) is 1. The molecule has 6 heteroatoms. The summed E-state index contributed by atoms with van der Waals surface area (Å²) >= 11 is 0. The van der Waals surface area contributed by atoms with Crippen molar-refractivity contribution in [1.82, 2.24) is 5.01 Å². The molecule has 0 fully saturated rings. The van der Waals surface area contributed by atoms with Crippen molar-refractivity contribution in [3.05, 3.63) is 24.3 Å². The molecule has 0 spiro atoms. The molecule has 0 aromatic heterocycles. The third kappa shape index (κ3) is 3.59. The highest BCUT2D eigenvalue weighted by atomic mass is 16.3. The zero-order valence-electron chi connectivity index (χ0n) is 14.2. The van der Waals surface area contributed by atoms with Crippen LogP contribution in [0.15, 0.2) is 34.4 Å². The summed E-state index contributed by atoms with van der Waals surface area (Å²) in [7, 11) is 0. The molecule has 1 heterocycles. The van der Waals surface area contributed by atoms with E-state index in [0.717, 1.165) is 24.5 Å². The summed E-state index contributed by atoms with van der Waals surface area (Å²) in [5.74, 6) is 0.233. The van der Waals surface area contributed by atoms with Crippen LogP contribution in [0.2, 0.25) is 0 Å². The molecule has 0 aliphatic carbocycles. The van der Waals surface area contributed by atoms with Gasteiger partial charge in [0, 0.05) is 24.8 Å². The minimum atomic E-state index is -0.220. The SMILES string of the molecule is CCN(CC)c1ccc(N=C2C(=N)N(C(C)C)N=C2CO)cc1. The average Bonchev–Trinajstić information content (AvgIpc) is 2.87. The smallest absolute Gasteiger partial charge is 0.169 e. The van der Waals surface area contributed by atoms with Crippen LogP contribution in [0.1, 0.15) is 27.7 Å². The molecule has 1 aromatic rings. The largest absolute Gasteiger partial charge is 0.390 e. The third-order valence-electron chi connectivity index (χ3n) is 3.81. The van der Waals surface area contributed by atoms with Crippen molar-refractivity contribution in [2.45, 2.75) is 33.7 Å². The second-order valence-electron chi connectivity index (χ2n) is 5.64. The number of hydrogen-bond acceptors (Lipinski definition) is 5. The highest BCUT2D eigenvalue weighted by Crippen LogP contribution is 2.21. The van der Waals surface area contributed by atoms with Gasteiger partial charge < -0.3 is 10.0 Å². The maximum absolute atomic E-state index is 9.47. The van der Waals surface area contributed by atoms with Crippen LogP contribution in [0.4, 0.5) is 11.4 Å². The molecule has 0 amide bonds. The first kappa shape index (κ1) is 17.1. The topological polar surface area (TPSA) is 75.3 Å². The van der Waals surface area contributed by atoms with Crippen LogP contribution in [0.5, 0.6) is 0 Å².